The SMILES string of the molecule is Cc1ccnc(NC(=O)C(=O)N2CCN(CCO)CC2)c1. The van der Waals surface area contributed by atoms with E-state index in [0.717, 1.165) is 5.56 Å². The molecular formula is C14H20N4O3. The van der Waals surface area contributed by atoms with E-state index in [9.17, 15) is 9.59 Å². The molecular weight excluding hydrogens is 272 g/mol. The Balaban J connectivity index is 1.87. The highest BCUT2D eigenvalue weighted by molar-refractivity contribution is 6.39. The quantitative estimate of drug-likeness (QED) is 0.731. The van der Waals surface area contributed by atoms with Crippen molar-refractivity contribution in [1.82, 2.24) is 14.8 Å². The molecule has 2 amide bonds. The molecule has 0 spiro atoms. The molecule has 1 saturated heterocycles. The van der Waals surface area contributed by atoms with E-state index in [-0.39, 0.29) is 6.61 Å². The number of aliphatic hydroxyl groups is 1. The summed E-state index contributed by atoms with van der Waals surface area (Å²) in [4.78, 5) is 31.6. The highest BCUT2D eigenvalue weighted by Crippen LogP contribution is 2.07. The number of aromatic nitrogens is 1. The van der Waals surface area contributed by atoms with Crippen molar-refractivity contribution in [1.29, 1.82) is 0 Å². The first-order valence-electron chi connectivity index (χ1n) is 6.96. The van der Waals surface area contributed by atoms with E-state index in [0.29, 0.717) is 38.5 Å². The van der Waals surface area contributed by atoms with Crippen LogP contribution in [0.15, 0.2) is 18.3 Å². The van der Waals surface area contributed by atoms with Crippen molar-refractivity contribution in [2.75, 3.05) is 44.6 Å². The molecule has 21 heavy (non-hydrogen) atoms. The van der Waals surface area contributed by atoms with Gasteiger partial charge in [0.25, 0.3) is 0 Å². The summed E-state index contributed by atoms with van der Waals surface area (Å²) in [6, 6.07) is 3.53. The van der Waals surface area contributed by atoms with Crippen molar-refractivity contribution < 1.29 is 14.7 Å². The molecule has 0 radical (unpaired) electrons. The van der Waals surface area contributed by atoms with E-state index in [4.69, 9.17) is 5.11 Å². The number of hydrogen-bond acceptors (Lipinski definition) is 5. The number of hydrogen-bond donors (Lipinski definition) is 2. The Bertz CT molecular complexity index is 513. The van der Waals surface area contributed by atoms with Gasteiger partial charge in [-0.3, -0.25) is 14.5 Å². The number of nitrogens with one attached hydrogen (secondary N) is 1. The summed E-state index contributed by atoms with van der Waals surface area (Å²) in [6.07, 6.45) is 1.59. The molecule has 0 saturated carbocycles. The van der Waals surface area contributed by atoms with Crippen molar-refractivity contribution in [3.05, 3.63) is 23.9 Å². The number of aliphatic hydroxyl groups excluding tert-OH is 1. The second-order valence-corrected chi connectivity index (χ2v) is 5.03. The van der Waals surface area contributed by atoms with E-state index >= 15 is 0 Å². The maximum atomic E-state index is 12.1. The molecule has 1 fully saturated rings. The second-order valence-electron chi connectivity index (χ2n) is 5.03. The Morgan fingerprint density at radius 2 is 2.05 bits per heavy atom. The summed E-state index contributed by atoms with van der Waals surface area (Å²) in [5, 5.41) is 11.4. The van der Waals surface area contributed by atoms with E-state index in [1.54, 1.807) is 12.3 Å². The Labute approximate surface area is 123 Å². The minimum absolute atomic E-state index is 0.105. The third kappa shape index (κ3) is 4.24. The summed E-state index contributed by atoms with van der Waals surface area (Å²) in [7, 11) is 0. The third-order valence-corrected chi connectivity index (χ3v) is 3.43. The first-order valence-corrected chi connectivity index (χ1v) is 6.96. The molecule has 0 atom stereocenters. The molecule has 0 aromatic carbocycles. The predicted molar refractivity (Wildman–Crippen MR) is 77.7 cm³/mol. The summed E-state index contributed by atoms with van der Waals surface area (Å²) < 4.78 is 0. The molecule has 114 valence electrons. The van der Waals surface area contributed by atoms with Crippen molar-refractivity contribution >= 4 is 17.6 Å². The number of pyridine rings is 1. The van der Waals surface area contributed by atoms with E-state index in [1.807, 2.05) is 13.0 Å². The molecule has 2 heterocycles. The Hall–Kier alpha value is -1.99. The number of piperazine rings is 1. The molecule has 1 aromatic heterocycles. The van der Waals surface area contributed by atoms with Crippen LogP contribution in [0.2, 0.25) is 0 Å². The average molecular weight is 292 g/mol. The Morgan fingerprint density at radius 3 is 2.67 bits per heavy atom. The Kier molecular flexibility index (Phi) is 5.24. The highest BCUT2D eigenvalue weighted by Gasteiger charge is 2.25. The number of anilines is 1. The van der Waals surface area contributed by atoms with Crippen LogP contribution < -0.4 is 5.32 Å². The van der Waals surface area contributed by atoms with Gasteiger partial charge in [0.15, 0.2) is 0 Å². The average Bonchev–Trinajstić information content (AvgIpc) is 2.47. The summed E-state index contributed by atoms with van der Waals surface area (Å²) in [5.74, 6) is -0.821. The van der Waals surface area contributed by atoms with Gasteiger partial charge in [-0.05, 0) is 24.6 Å². The maximum absolute atomic E-state index is 12.1. The number of nitrogens with zero attached hydrogens (tertiary/aromatic N) is 3. The molecule has 1 aromatic rings. The van der Waals surface area contributed by atoms with Crippen molar-refractivity contribution in [2.24, 2.45) is 0 Å². The fourth-order valence-corrected chi connectivity index (χ4v) is 2.23. The summed E-state index contributed by atoms with van der Waals surface area (Å²) >= 11 is 0. The van der Waals surface area contributed by atoms with Crippen LogP contribution in [0.25, 0.3) is 0 Å². The topological polar surface area (TPSA) is 85.8 Å². The van der Waals surface area contributed by atoms with Gasteiger partial charge < -0.3 is 15.3 Å². The monoisotopic (exact) mass is 292 g/mol. The van der Waals surface area contributed by atoms with Gasteiger partial charge in [-0.2, -0.15) is 0 Å². The standard InChI is InChI=1S/C14H20N4O3/c1-11-2-3-15-12(10-11)16-13(20)14(21)18-6-4-17(5-7-18)8-9-19/h2-3,10,19H,4-9H2,1H3,(H,15,16,20). The molecule has 2 rings (SSSR count). The lowest BCUT2D eigenvalue weighted by Crippen LogP contribution is -2.52. The van der Waals surface area contributed by atoms with Crippen LogP contribution in [0.3, 0.4) is 0 Å². The van der Waals surface area contributed by atoms with Crippen LogP contribution in [0.4, 0.5) is 5.82 Å². The predicted octanol–water partition coefficient (Wildman–Crippen LogP) is -0.535. The van der Waals surface area contributed by atoms with Crippen LogP contribution in [0.5, 0.6) is 0 Å². The van der Waals surface area contributed by atoms with Crippen LogP contribution in [-0.4, -0.2) is 71.0 Å². The fourth-order valence-electron chi connectivity index (χ4n) is 2.23. The van der Waals surface area contributed by atoms with Gasteiger partial charge in [0.2, 0.25) is 0 Å². The lowest BCUT2D eigenvalue weighted by Gasteiger charge is -2.33. The minimum atomic E-state index is -0.663. The molecule has 7 nitrogen and oxygen atoms in total. The van der Waals surface area contributed by atoms with Gasteiger partial charge in [-0.1, -0.05) is 0 Å². The minimum Gasteiger partial charge on any atom is -0.395 e. The molecule has 0 bridgehead atoms. The van der Waals surface area contributed by atoms with Crippen molar-refractivity contribution in [3.8, 4) is 0 Å². The number of carbonyl (C=O) groups is 2. The zero-order valence-electron chi connectivity index (χ0n) is 12.1. The number of rotatable bonds is 3. The number of β-amino-alcohol motifs (C(OH)–C–C–N with tert-alkyl or cyclic N) is 1. The summed E-state index contributed by atoms with van der Waals surface area (Å²) in [6.45, 7) is 4.92. The molecule has 7 heteroatoms. The third-order valence-electron chi connectivity index (χ3n) is 3.43. The van der Waals surface area contributed by atoms with Crippen molar-refractivity contribution in [2.45, 2.75) is 6.92 Å². The van der Waals surface area contributed by atoms with Gasteiger partial charge >= 0.3 is 11.8 Å². The number of carbonyl (C=O) groups excluding carboxylic acids is 2. The normalized spacial score (nSPS) is 15.8. The van der Waals surface area contributed by atoms with E-state index in [2.05, 4.69) is 15.2 Å². The van der Waals surface area contributed by atoms with Gasteiger partial charge in [0.05, 0.1) is 6.61 Å². The van der Waals surface area contributed by atoms with Crippen LogP contribution in [-0.2, 0) is 9.59 Å². The van der Waals surface area contributed by atoms with Gasteiger partial charge in [-0.25, -0.2) is 4.98 Å². The molecule has 1 aliphatic rings. The molecule has 1 aliphatic heterocycles. The number of amides is 2. The zero-order valence-corrected chi connectivity index (χ0v) is 12.1. The molecule has 0 aliphatic carbocycles. The highest BCUT2D eigenvalue weighted by atomic mass is 16.3. The van der Waals surface area contributed by atoms with E-state index in [1.165, 1.54) is 4.90 Å². The van der Waals surface area contributed by atoms with Crippen LogP contribution in [0, 0.1) is 6.92 Å². The number of aryl methyl sites for hydroxylation is 1. The Morgan fingerprint density at radius 1 is 1.33 bits per heavy atom. The van der Waals surface area contributed by atoms with Gasteiger partial charge in [0, 0.05) is 38.9 Å². The van der Waals surface area contributed by atoms with Crippen LogP contribution in [0.1, 0.15) is 5.56 Å². The lowest BCUT2D eigenvalue weighted by molar-refractivity contribution is -0.144. The molecule has 0 unspecified atom stereocenters. The summed E-state index contributed by atoms with van der Waals surface area (Å²) in [5.41, 5.74) is 0.963. The lowest BCUT2D eigenvalue weighted by atomic mass is 10.3. The van der Waals surface area contributed by atoms with Crippen molar-refractivity contribution in [3.63, 3.8) is 0 Å². The largest absolute Gasteiger partial charge is 0.395 e. The first-order chi connectivity index (χ1) is 10.1. The van der Waals surface area contributed by atoms with E-state index < -0.39 is 11.8 Å². The fraction of sp³-hybridized carbons (Fsp3) is 0.500. The van der Waals surface area contributed by atoms with Gasteiger partial charge in [0.1, 0.15) is 5.82 Å². The second kappa shape index (κ2) is 7.14. The smallest absolute Gasteiger partial charge is 0.315 e. The van der Waals surface area contributed by atoms with Crippen LogP contribution >= 0.6 is 0 Å². The molecule has 2 N–H and O–H groups in total. The van der Waals surface area contributed by atoms with Gasteiger partial charge in [-0.15, -0.1) is 0 Å². The zero-order chi connectivity index (χ0) is 15.2. The first kappa shape index (κ1) is 15.4. The maximum Gasteiger partial charge on any atom is 0.315 e.